The number of fused-ring (bicyclic) bond motifs is 2. The van der Waals surface area contributed by atoms with Crippen LogP contribution in [-0.2, 0) is 25.9 Å². The first-order chi connectivity index (χ1) is 10.7. The Bertz CT molecular complexity index is 746. The van der Waals surface area contributed by atoms with Crippen LogP contribution in [0.4, 0.5) is 0 Å². The summed E-state index contributed by atoms with van der Waals surface area (Å²) in [7, 11) is 0. The SMILES string of the molecule is Cl.O=C(c1n[nH]c2c1CNCC2)N1CCc2cccc(Br)c2C1. The maximum atomic E-state index is 12.9. The maximum Gasteiger partial charge on any atom is 0.275 e. The highest BCUT2D eigenvalue weighted by molar-refractivity contribution is 9.10. The lowest BCUT2D eigenvalue weighted by molar-refractivity contribution is 0.0727. The average molecular weight is 398 g/mol. The van der Waals surface area contributed by atoms with E-state index in [2.05, 4.69) is 43.6 Å². The normalized spacial score (nSPS) is 16.3. The molecule has 1 aromatic carbocycles. The summed E-state index contributed by atoms with van der Waals surface area (Å²) in [5.74, 6) is 0.0302. The number of H-pyrrole nitrogens is 1. The van der Waals surface area contributed by atoms with Gasteiger partial charge in [0, 0.05) is 48.3 Å². The third-order valence-electron chi connectivity index (χ3n) is 4.51. The molecule has 1 amide bonds. The number of halogens is 2. The first-order valence-electron chi connectivity index (χ1n) is 7.56. The van der Waals surface area contributed by atoms with Crippen molar-refractivity contribution in [1.29, 1.82) is 0 Å². The van der Waals surface area contributed by atoms with Crippen LogP contribution in [0.1, 0.15) is 32.9 Å². The molecule has 0 saturated carbocycles. The lowest BCUT2D eigenvalue weighted by Crippen LogP contribution is -2.37. The molecule has 0 aliphatic carbocycles. The highest BCUT2D eigenvalue weighted by Crippen LogP contribution is 2.28. The van der Waals surface area contributed by atoms with E-state index >= 15 is 0 Å². The Balaban J connectivity index is 0.00000156. The Labute approximate surface area is 149 Å². The molecule has 1 aromatic heterocycles. The van der Waals surface area contributed by atoms with E-state index in [0.717, 1.165) is 48.2 Å². The topological polar surface area (TPSA) is 61.0 Å². The number of benzene rings is 1. The van der Waals surface area contributed by atoms with Gasteiger partial charge in [0.05, 0.1) is 0 Å². The number of amides is 1. The van der Waals surface area contributed by atoms with Crippen molar-refractivity contribution in [1.82, 2.24) is 20.4 Å². The van der Waals surface area contributed by atoms with Gasteiger partial charge in [0.25, 0.3) is 5.91 Å². The summed E-state index contributed by atoms with van der Waals surface area (Å²) in [6, 6.07) is 6.23. The molecule has 4 rings (SSSR count). The standard InChI is InChI=1S/C16H17BrN4O.ClH/c17-13-3-1-2-10-5-7-21(9-12(10)13)16(22)15-11-8-18-6-4-14(11)19-20-15;/h1-3,18H,4-9H2,(H,19,20);1H. The second-order valence-corrected chi connectivity index (χ2v) is 6.66. The number of hydrogen-bond acceptors (Lipinski definition) is 3. The Hall–Kier alpha value is -1.37. The molecule has 0 spiro atoms. The molecule has 2 aliphatic rings. The Morgan fingerprint density at radius 2 is 2.13 bits per heavy atom. The smallest absolute Gasteiger partial charge is 0.275 e. The number of aromatic amines is 1. The number of nitrogens with one attached hydrogen (secondary N) is 2. The number of carbonyl (C=O) groups is 1. The molecule has 0 bridgehead atoms. The van der Waals surface area contributed by atoms with Gasteiger partial charge in [-0.3, -0.25) is 9.89 Å². The average Bonchev–Trinajstić information content (AvgIpc) is 2.98. The molecule has 2 aliphatic heterocycles. The molecule has 23 heavy (non-hydrogen) atoms. The second kappa shape index (κ2) is 6.63. The Morgan fingerprint density at radius 1 is 1.26 bits per heavy atom. The predicted octanol–water partition coefficient (Wildman–Crippen LogP) is 2.44. The Kier molecular flexibility index (Phi) is 4.75. The molecule has 0 fully saturated rings. The van der Waals surface area contributed by atoms with E-state index in [1.54, 1.807) is 0 Å². The molecular weight excluding hydrogens is 380 g/mol. The minimum absolute atomic E-state index is 0. The van der Waals surface area contributed by atoms with Crippen molar-refractivity contribution < 1.29 is 4.79 Å². The highest BCUT2D eigenvalue weighted by atomic mass is 79.9. The molecular formula is C16H18BrClN4O. The van der Waals surface area contributed by atoms with Crippen LogP contribution in [0.5, 0.6) is 0 Å². The maximum absolute atomic E-state index is 12.9. The first kappa shape index (κ1) is 16.5. The number of carbonyl (C=O) groups excluding carboxylic acids is 1. The highest BCUT2D eigenvalue weighted by Gasteiger charge is 2.28. The van der Waals surface area contributed by atoms with Gasteiger partial charge in [0.1, 0.15) is 0 Å². The minimum atomic E-state index is 0. The van der Waals surface area contributed by atoms with Gasteiger partial charge in [-0.2, -0.15) is 5.10 Å². The Morgan fingerprint density at radius 3 is 3.00 bits per heavy atom. The zero-order chi connectivity index (χ0) is 15.1. The quantitative estimate of drug-likeness (QED) is 0.777. The fourth-order valence-electron chi connectivity index (χ4n) is 3.27. The predicted molar refractivity (Wildman–Crippen MR) is 93.8 cm³/mol. The van der Waals surface area contributed by atoms with E-state index in [1.807, 2.05) is 11.0 Å². The molecule has 0 unspecified atom stereocenters. The minimum Gasteiger partial charge on any atom is -0.333 e. The second-order valence-electron chi connectivity index (χ2n) is 5.81. The van der Waals surface area contributed by atoms with Gasteiger partial charge in [0.15, 0.2) is 5.69 Å². The van der Waals surface area contributed by atoms with E-state index in [4.69, 9.17) is 0 Å². The van der Waals surface area contributed by atoms with Gasteiger partial charge in [-0.25, -0.2) is 0 Å². The van der Waals surface area contributed by atoms with Crippen molar-refractivity contribution in [3.8, 4) is 0 Å². The summed E-state index contributed by atoms with van der Waals surface area (Å²) in [4.78, 5) is 14.8. The van der Waals surface area contributed by atoms with Crippen molar-refractivity contribution in [3.63, 3.8) is 0 Å². The van der Waals surface area contributed by atoms with Gasteiger partial charge in [-0.1, -0.05) is 28.1 Å². The zero-order valence-electron chi connectivity index (χ0n) is 12.6. The number of rotatable bonds is 1. The zero-order valence-corrected chi connectivity index (χ0v) is 15.0. The summed E-state index contributed by atoms with van der Waals surface area (Å²) < 4.78 is 1.08. The summed E-state index contributed by atoms with van der Waals surface area (Å²) in [6.07, 6.45) is 1.80. The summed E-state index contributed by atoms with van der Waals surface area (Å²) in [5, 5.41) is 10.6. The van der Waals surface area contributed by atoms with Crippen LogP contribution in [-0.4, -0.2) is 34.1 Å². The van der Waals surface area contributed by atoms with Crippen LogP contribution in [0.3, 0.4) is 0 Å². The van der Waals surface area contributed by atoms with Crippen molar-refractivity contribution >= 4 is 34.2 Å². The van der Waals surface area contributed by atoms with Gasteiger partial charge in [-0.05, 0) is 23.6 Å². The fourth-order valence-corrected chi connectivity index (χ4v) is 3.80. The van der Waals surface area contributed by atoms with Crippen molar-refractivity contribution in [2.45, 2.75) is 25.9 Å². The van der Waals surface area contributed by atoms with Gasteiger partial charge in [0.2, 0.25) is 0 Å². The van der Waals surface area contributed by atoms with Crippen LogP contribution in [0, 0.1) is 0 Å². The lowest BCUT2D eigenvalue weighted by Gasteiger charge is -2.29. The van der Waals surface area contributed by atoms with E-state index in [-0.39, 0.29) is 18.3 Å². The van der Waals surface area contributed by atoms with Gasteiger partial charge >= 0.3 is 0 Å². The molecule has 2 aromatic rings. The molecule has 5 nitrogen and oxygen atoms in total. The van der Waals surface area contributed by atoms with Crippen LogP contribution < -0.4 is 5.32 Å². The summed E-state index contributed by atoms with van der Waals surface area (Å²) in [6.45, 7) is 3.05. The van der Waals surface area contributed by atoms with Crippen molar-refractivity contribution in [2.24, 2.45) is 0 Å². The third-order valence-corrected chi connectivity index (χ3v) is 5.25. The van der Waals surface area contributed by atoms with E-state index < -0.39 is 0 Å². The first-order valence-corrected chi connectivity index (χ1v) is 8.35. The van der Waals surface area contributed by atoms with Crippen LogP contribution in [0.15, 0.2) is 22.7 Å². The number of nitrogens with zero attached hydrogens (tertiary/aromatic N) is 2. The van der Waals surface area contributed by atoms with Gasteiger partial charge in [-0.15, -0.1) is 12.4 Å². The molecule has 0 atom stereocenters. The summed E-state index contributed by atoms with van der Waals surface area (Å²) >= 11 is 3.60. The molecule has 0 radical (unpaired) electrons. The molecule has 3 heterocycles. The van der Waals surface area contributed by atoms with Crippen molar-refractivity contribution in [2.75, 3.05) is 13.1 Å². The van der Waals surface area contributed by atoms with E-state index in [0.29, 0.717) is 12.2 Å². The molecule has 2 N–H and O–H groups in total. The molecule has 122 valence electrons. The number of hydrogen-bond donors (Lipinski definition) is 2. The monoisotopic (exact) mass is 396 g/mol. The largest absolute Gasteiger partial charge is 0.333 e. The lowest BCUT2D eigenvalue weighted by atomic mass is 9.99. The van der Waals surface area contributed by atoms with Crippen LogP contribution >= 0.6 is 28.3 Å². The van der Waals surface area contributed by atoms with E-state index in [1.165, 1.54) is 11.1 Å². The van der Waals surface area contributed by atoms with Gasteiger partial charge < -0.3 is 10.2 Å². The van der Waals surface area contributed by atoms with Crippen LogP contribution in [0.25, 0.3) is 0 Å². The molecule has 0 saturated heterocycles. The third kappa shape index (κ3) is 2.91. The molecule has 7 heteroatoms. The van der Waals surface area contributed by atoms with E-state index in [9.17, 15) is 4.79 Å². The fraction of sp³-hybridized carbons (Fsp3) is 0.375. The van der Waals surface area contributed by atoms with Crippen LogP contribution in [0.2, 0.25) is 0 Å². The summed E-state index contributed by atoms with van der Waals surface area (Å²) in [5.41, 5.74) is 5.25. The number of aromatic nitrogens is 2. The van der Waals surface area contributed by atoms with Crippen molar-refractivity contribution in [3.05, 3.63) is 50.8 Å².